The third-order valence-corrected chi connectivity index (χ3v) is 1.95. The number of aryl methyl sites for hydroxylation is 1. The topological polar surface area (TPSA) is 71.3 Å². The summed E-state index contributed by atoms with van der Waals surface area (Å²) in [5, 5.41) is 11.0. The molecule has 1 aromatic heterocycles. The molecule has 0 spiro atoms. The SMILES string of the molecule is Cn1ccc(C(=O)NCCCC(=O)O)c1. The van der Waals surface area contributed by atoms with Gasteiger partial charge in [-0.1, -0.05) is 0 Å². The van der Waals surface area contributed by atoms with Crippen LogP contribution < -0.4 is 5.32 Å². The predicted molar refractivity (Wildman–Crippen MR) is 54.6 cm³/mol. The highest BCUT2D eigenvalue weighted by molar-refractivity contribution is 5.93. The third kappa shape index (κ3) is 3.84. The molecule has 0 bridgehead atoms. The molecular weight excluding hydrogens is 196 g/mol. The minimum absolute atomic E-state index is 0.0784. The molecule has 5 heteroatoms. The van der Waals surface area contributed by atoms with Crippen LogP contribution in [0, 0.1) is 0 Å². The van der Waals surface area contributed by atoms with E-state index in [9.17, 15) is 9.59 Å². The molecule has 0 saturated heterocycles. The van der Waals surface area contributed by atoms with E-state index in [0.717, 1.165) is 0 Å². The Morgan fingerprint density at radius 1 is 1.53 bits per heavy atom. The van der Waals surface area contributed by atoms with Gasteiger partial charge in [0.1, 0.15) is 0 Å². The molecule has 0 saturated carbocycles. The molecular formula is C10H14N2O3. The zero-order chi connectivity index (χ0) is 11.3. The molecule has 0 aliphatic rings. The molecule has 0 fully saturated rings. The number of nitrogens with zero attached hydrogens (tertiary/aromatic N) is 1. The zero-order valence-corrected chi connectivity index (χ0v) is 8.56. The first-order valence-electron chi connectivity index (χ1n) is 4.71. The monoisotopic (exact) mass is 210 g/mol. The maximum Gasteiger partial charge on any atom is 0.303 e. The van der Waals surface area contributed by atoms with Crippen LogP contribution in [0.2, 0.25) is 0 Å². The van der Waals surface area contributed by atoms with Crippen molar-refractivity contribution in [2.75, 3.05) is 6.54 Å². The van der Waals surface area contributed by atoms with E-state index >= 15 is 0 Å². The van der Waals surface area contributed by atoms with Gasteiger partial charge in [-0.3, -0.25) is 9.59 Å². The van der Waals surface area contributed by atoms with Crippen LogP contribution in [0.5, 0.6) is 0 Å². The van der Waals surface area contributed by atoms with Crippen LogP contribution in [0.15, 0.2) is 18.5 Å². The molecule has 5 nitrogen and oxygen atoms in total. The second-order valence-corrected chi connectivity index (χ2v) is 3.32. The number of amides is 1. The largest absolute Gasteiger partial charge is 0.481 e. The van der Waals surface area contributed by atoms with Gasteiger partial charge >= 0.3 is 5.97 Å². The van der Waals surface area contributed by atoms with Crippen LogP contribution in [0.3, 0.4) is 0 Å². The molecule has 15 heavy (non-hydrogen) atoms. The summed E-state index contributed by atoms with van der Waals surface area (Å²) in [5.41, 5.74) is 0.591. The molecule has 1 amide bonds. The highest BCUT2D eigenvalue weighted by Crippen LogP contribution is 1.99. The summed E-state index contributed by atoms with van der Waals surface area (Å²) in [6.45, 7) is 0.389. The molecule has 0 unspecified atom stereocenters. The van der Waals surface area contributed by atoms with E-state index in [1.165, 1.54) is 0 Å². The standard InChI is InChI=1S/C10H14N2O3/c1-12-6-4-8(7-12)10(15)11-5-2-3-9(13)14/h4,6-7H,2-3,5H2,1H3,(H,11,15)(H,13,14). The fraction of sp³-hybridized carbons (Fsp3) is 0.400. The second-order valence-electron chi connectivity index (χ2n) is 3.32. The summed E-state index contributed by atoms with van der Waals surface area (Å²) in [7, 11) is 1.83. The van der Waals surface area contributed by atoms with Gasteiger partial charge in [0.25, 0.3) is 5.91 Å². The smallest absolute Gasteiger partial charge is 0.303 e. The quantitative estimate of drug-likeness (QED) is 0.700. The predicted octanol–water partition coefficient (Wildman–Crippen LogP) is 0.620. The van der Waals surface area contributed by atoms with Crippen LogP contribution in [0.1, 0.15) is 23.2 Å². The fourth-order valence-corrected chi connectivity index (χ4v) is 1.18. The van der Waals surface area contributed by atoms with E-state index in [4.69, 9.17) is 5.11 Å². The van der Waals surface area contributed by atoms with Crippen molar-refractivity contribution in [3.05, 3.63) is 24.0 Å². The first-order valence-corrected chi connectivity index (χ1v) is 4.71. The van der Waals surface area contributed by atoms with Crippen molar-refractivity contribution >= 4 is 11.9 Å². The van der Waals surface area contributed by atoms with Gasteiger partial charge in [-0.2, -0.15) is 0 Å². The van der Waals surface area contributed by atoms with Gasteiger partial charge in [-0.05, 0) is 12.5 Å². The van der Waals surface area contributed by atoms with E-state index in [1.807, 2.05) is 7.05 Å². The molecule has 2 N–H and O–H groups in total. The van der Waals surface area contributed by atoms with Gasteiger partial charge in [0.15, 0.2) is 0 Å². The van der Waals surface area contributed by atoms with Crippen LogP contribution >= 0.6 is 0 Å². The molecule has 0 aromatic carbocycles. The maximum absolute atomic E-state index is 11.4. The van der Waals surface area contributed by atoms with Gasteiger partial charge < -0.3 is 15.0 Å². The molecule has 1 heterocycles. The van der Waals surface area contributed by atoms with Gasteiger partial charge in [-0.25, -0.2) is 0 Å². The minimum Gasteiger partial charge on any atom is -0.481 e. The van der Waals surface area contributed by atoms with E-state index in [2.05, 4.69) is 5.32 Å². The normalized spacial score (nSPS) is 9.93. The van der Waals surface area contributed by atoms with E-state index in [1.54, 1.807) is 23.0 Å². The average Bonchev–Trinajstić information content (AvgIpc) is 2.59. The van der Waals surface area contributed by atoms with Crippen LogP contribution in [-0.2, 0) is 11.8 Å². The van der Waals surface area contributed by atoms with Crippen molar-refractivity contribution in [3.8, 4) is 0 Å². The lowest BCUT2D eigenvalue weighted by Gasteiger charge is -2.01. The Morgan fingerprint density at radius 2 is 2.27 bits per heavy atom. The number of carboxylic acids is 1. The van der Waals surface area contributed by atoms with Crippen molar-refractivity contribution in [1.29, 1.82) is 0 Å². The van der Waals surface area contributed by atoms with Crippen LogP contribution in [0.4, 0.5) is 0 Å². The van der Waals surface area contributed by atoms with Gasteiger partial charge in [0, 0.05) is 32.4 Å². The summed E-state index contributed by atoms with van der Waals surface area (Å²) < 4.78 is 1.78. The lowest BCUT2D eigenvalue weighted by Crippen LogP contribution is -2.24. The Bertz CT molecular complexity index is 357. The number of carbonyl (C=O) groups is 2. The number of hydrogen-bond acceptors (Lipinski definition) is 2. The molecule has 0 aliphatic carbocycles. The number of nitrogens with one attached hydrogen (secondary N) is 1. The molecule has 1 rings (SSSR count). The lowest BCUT2D eigenvalue weighted by molar-refractivity contribution is -0.137. The summed E-state index contributed by atoms with van der Waals surface area (Å²) in [4.78, 5) is 21.6. The summed E-state index contributed by atoms with van der Waals surface area (Å²) >= 11 is 0. The first-order chi connectivity index (χ1) is 7.09. The highest BCUT2D eigenvalue weighted by atomic mass is 16.4. The molecule has 0 aliphatic heterocycles. The minimum atomic E-state index is -0.844. The zero-order valence-electron chi connectivity index (χ0n) is 8.56. The Morgan fingerprint density at radius 3 is 2.80 bits per heavy atom. The Kier molecular flexibility index (Phi) is 3.91. The molecule has 82 valence electrons. The Balaban J connectivity index is 2.28. The number of carbonyl (C=O) groups excluding carboxylic acids is 1. The molecule has 1 aromatic rings. The summed E-state index contributed by atoms with van der Waals surface area (Å²) in [6.07, 6.45) is 4.03. The second kappa shape index (κ2) is 5.19. The Hall–Kier alpha value is -1.78. The third-order valence-electron chi connectivity index (χ3n) is 1.95. The Labute approximate surface area is 87.7 Å². The highest BCUT2D eigenvalue weighted by Gasteiger charge is 2.05. The van der Waals surface area contributed by atoms with Gasteiger partial charge in [0.05, 0.1) is 5.56 Å². The molecule has 0 radical (unpaired) electrons. The molecule has 0 atom stereocenters. The summed E-state index contributed by atoms with van der Waals surface area (Å²) in [6, 6.07) is 1.71. The number of aromatic nitrogens is 1. The number of rotatable bonds is 5. The van der Waals surface area contributed by atoms with Crippen molar-refractivity contribution in [3.63, 3.8) is 0 Å². The van der Waals surface area contributed by atoms with Gasteiger partial charge in [-0.15, -0.1) is 0 Å². The lowest BCUT2D eigenvalue weighted by atomic mass is 10.3. The van der Waals surface area contributed by atoms with Crippen LogP contribution in [0.25, 0.3) is 0 Å². The maximum atomic E-state index is 11.4. The van der Waals surface area contributed by atoms with E-state index in [-0.39, 0.29) is 12.3 Å². The van der Waals surface area contributed by atoms with Crippen molar-refractivity contribution in [2.24, 2.45) is 7.05 Å². The van der Waals surface area contributed by atoms with E-state index in [0.29, 0.717) is 18.5 Å². The number of carboxylic acid groups (broad SMARTS) is 1. The van der Waals surface area contributed by atoms with Crippen molar-refractivity contribution in [1.82, 2.24) is 9.88 Å². The fourth-order valence-electron chi connectivity index (χ4n) is 1.18. The first kappa shape index (κ1) is 11.3. The van der Waals surface area contributed by atoms with E-state index < -0.39 is 5.97 Å². The van der Waals surface area contributed by atoms with Crippen molar-refractivity contribution < 1.29 is 14.7 Å². The average molecular weight is 210 g/mol. The van der Waals surface area contributed by atoms with Crippen molar-refractivity contribution in [2.45, 2.75) is 12.8 Å². The number of aliphatic carboxylic acids is 1. The van der Waals surface area contributed by atoms with Gasteiger partial charge in [0.2, 0.25) is 0 Å². The number of hydrogen-bond donors (Lipinski definition) is 2. The van der Waals surface area contributed by atoms with Crippen LogP contribution in [-0.4, -0.2) is 28.1 Å². The summed E-state index contributed by atoms with van der Waals surface area (Å²) in [5.74, 6) is -1.01.